The van der Waals surface area contributed by atoms with Gasteiger partial charge in [-0.15, -0.1) is 0 Å². The Kier molecular flexibility index (Phi) is 7.05. The molecule has 2 aliphatic carbocycles. The van der Waals surface area contributed by atoms with Crippen molar-refractivity contribution in [1.82, 2.24) is 10.6 Å². The Morgan fingerprint density at radius 1 is 1.06 bits per heavy atom. The van der Waals surface area contributed by atoms with E-state index in [0.717, 1.165) is 22.3 Å². The molecule has 2 amide bonds. The lowest BCUT2D eigenvalue weighted by molar-refractivity contribution is -0.137. The number of hydrogen-bond donors (Lipinski definition) is 3. The minimum Gasteiger partial charge on any atom is -0.481 e. The number of carboxylic acids is 1. The molecule has 0 aliphatic heterocycles. The fraction of sp³-hybridized carbons (Fsp3) is 0.423. The molecule has 2 aliphatic rings. The maximum Gasteiger partial charge on any atom is 0.407 e. The van der Waals surface area contributed by atoms with Gasteiger partial charge in [0.15, 0.2) is 0 Å². The van der Waals surface area contributed by atoms with Crippen LogP contribution in [0.1, 0.15) is 43.2 Å². The zero-order valence-corrected chi connectivity index (χ0v) is 19.3. The molecular weight excluding hydrogens is 458 g/mol. The van der Waals surface area contributed by atoms with Gasteiger partial charge < -0.3 is 20.5 Å². The van der Waals surface area contributed by atoms with Crippen LogP contribution >= 0.6 is 0 Å². The van der Waals surface area contributed by atoms with Crippen LogP contribution in [0.2, 0.25) is 0 Å². The second-order valence-electron chi connectivity index (χ2n) is 9.16. The lowest BCUT2D eigenvalue weighted by Gasteiger charge is -2.14. The smallest absolute Gasteiger partial charge is 0.407 e. The van der Waals surface area contributed by atoms with Crippen molar-refractivity contribution < 1.29 is 33.0 Å². The van der Waals surface area contributed by atoms with Crippen LogP contribution in [0.5, 0.6) is 0 Å². The lowest BCUT2D eigenvalue weighted by Crippen LogP contribution is -2.35. The van der Waals surface area contributed by atoms with E-state index in [9.17, 15) is 23.2 Å². The number of alkyl carbamates (subject to hydrolysis) is 1. The van der Waals surface area contributed by atoms with Gasteiger partial charge in [0, 0.05) is 24.9 Å². The average Bonchev–Trinajstić information content (AvgIpc) is 3.22. The number of carbonyl (C=O) groups is 3. The Labute approximate surface area is 201 Å². The molecule has 4 rings (SSSR count). The molecular formula is C26H28F2N2O5. The highest BCUT2D eigenvalue weighted by Gasteiger charge is 2.71. The Morgan fingerprint density at radius 2 is 1.66 bits per heavy atom. The summed E-state index contributed by atoms with van der Waals surface area (Å²) in [5, 5.41) is 13.6. The van der Waals surface area contributed by atoms with E-state index in [1.807, 2.05) is 48.5 Å². The number of fused-ring (bicyclic) bond motifs is 3. The number of alkyl halides is 2. The van der Waals surface area contributed by atoms with Gasteiger partial charge in [-0.05, 0) is 42.0 Å². The van der Waals surface area contributed by atoms with Gasteiger partial charge in [0.1, 0.15) is 12.5 Å². The molecule has 186 valence electrons. The second-order valence-corrected chi connectivity index (χ2v) is 9.16. The fourth-order valence-corrected chi connectivity index (χ4v) is 4.81. The molecule has 1 fully saturated rings. The van der Waals surface area contributed by atoms with Gasteiger partial charge in [0.25, 0.3) is 5.92 Å². The van der Waals surface area contributed by atoms with Crippen molar-refractivity contribution in [2.24, 2.45) is 11.8 Å². The number of carbonyl (C=O) groups excluding carboxylic acids is 2. The molecule has 0 heterocycles. The van der Waals surface area contributed by atoms with Crippen molar-refractivity contribution in [2.45, 2.75) is 44.1 Å². The van der Waals surface area contributed by atoms with Gasteiger partial charge in [-0.1, -0.05) is 48.5 Å². The molecule has 1 saturated carbocycles. The predicted octanol–water partition coefficient (Wildman–Crippen LogP) is 4.17. The first kappa shape index (κ1) is 24.6. The summed E-state index contributed by atoms with van der Waals surface area (Å²) in [6.45, 7) is 1.33. The molecule has 7 nitrogen and oxygen atoms in total. The molecule has 0 spiro atoms. The summed E-state index contributed by atoms with van der Waals surface area (Å²) < 4.78 is 33.8. The minimum absolute atomic E-state index is 0.0491. The van der Waals surface area contributed by atoms with Crippen LogP contribution in [0.25, 0.3) is 11.1 Å². The standard InChI is InChI=1S/C26H28F2N2O5/c1-15(7-6-12-22(31)32)30-24(33)23-21(26(23,27)28)13-29-25(34)35-14-20-18-10-4-2-8-16(18)17-9-3-5-11-19(17)20/h2-5,8-11,15,20-21,23H,6-7,12-14H2,1H3,(H,29,34)(H,30,33)(H,31,32)/t15?,21-,23-/m0/s1. The molecule has 0 saturated heterocycles. The van der Waals surface area contributed by atoms with Gasteiger partial charge in [0.05, 0.1) is 5.92 Å². The maximum absolute atomic E-state index is 14.2. The zero-order valence-electron chi connectivity index (χ0n) is 19.3. The third kappa shape index (κ3) is 5.28. The van der Waals surface area contributed by atoms with Crippen LogP contribution in [0, 0.1) is 11.8 Å². The van der Waals surface area contributed by atoms with Crippen LogP contribution in [0.15, 0.2) is 48.5 Å². The zero-order chi connectivity index (χ0) is 25.2. The molecule has 9 heteroatoms. The van der Waals surface area contributed by atoms with Crippen LogP contribution in [0.4, 0.5) is 13.6 Å². The molecule has 2 aromatic carbocycles. The molecule has 0 radical (unpaired) electrons. The number of carboxylic acid groups (broad SMARTS) is 1. The number of nitrogens with one attached hydrogen (secondary N) is 2. The van der Waals surface area contributed by atoms with E-state index in [-0.39, 0.29) is 25.5 Å². The average molecular weight is 487 g/mol. The first-order chi connectivity index (χ1) is 16.7. The summed E-state index contributed by atoms with van der Waals surface area (Å²) in [5.74, 6) is -7.94. The number of aliphatic carboxylic acids is 1. The van der Waals surface area contributed by atoms with Crippen molar-refractivity contribution in [3.05, 3.63) is 59.7 Å². The number of rotatable bonds is 10. The first-order valence-corrected chi connectivity index (χ1v) is 11.7. The minimum atomic E-state index is -3.22. The van der Waals surface area contributed by atoms with Crippen molar-refractivity contribution in [3.8, 4) is 11.1 Å². The van der Waals surface area contributed by atoms with Crippen LogP contribution in [-0.4, -0.2) is 48.2 Å². The molecule has 1 unspecified atom stereocenters. The Morgan fingerprint density at radius 3 is 2.26 bits per heavy atom. The monoisotopic (exact) mass is 486 g/mol. The van der Waals surface area contributed by atoms with E-state index in [1.54, 1.807) is 6.92 Å². The summed E-state index contributed by atoms with van der Waals surface area (Å²) in [6.07, 6.45) is -0.147. The number of halogens is 2. The summed E-state index contributed by atoms with van der Waals surface area (Å²) in [6, 6.07) is 15.3. The molecule has 2 aromatic rings. The SMILES string of the molecule is CC(CCCC(=O)O)NC(=O)[C@@H]1[C@H](CNC(=O)OCC2c3ccccc3-c3ccccc32)C1(F)F. The molecule has 0 aromatic heterocycles. The van der Waals surface area contributed by atoms with E-state index < -0.39 is 41.8 Å². The van der Waals surface area contributed by atoms with Gasteiger partial charge in [-0.3, -0.25) is 9.59 Å². The Bertz CT molecular complexity index is 1080. The predicted molar refractivity (Wildman–Crippen MR) is 124 cm³/mol. The Balaban J connectivity index is 1.26. The van der Waals surface area contributed by atoms with Gasteiger partial charge >= 0.3 is 12.1 Å². The molecule has 0 bridgehead atoms. The van der Waals surface area contributed by atoms with Crippen molar-refractivity contribution in [2.75, 3.05) is 13.2 Å². The topological polar surface area (TPSA) is 105 Å². The summed E-state index contributed by atoms with van der Waals surface area (Å²) in [4.78, 5) is 35.1. The lowest BCUT2D eigenvalue weighted by atomic mass is 9.98. The normalized spacial score (nSPS) is 20.3. The highest BCUT2D eigenvalue weighted by atomic mass is 19.3. The first-order valence-electron chi connectivity index (χ1n) is 11.7. The quantitative estimate of drug-likeness (QED) is 0.468. The maximum atomic E-state index is 14.2. The molecule has 3 N–H and O–H groups in total. The second kappa shape index (κ2) is 10.0. The van der Waals surface area contributed by atoms with E-state index >= 15 is 0 Å². The number of hydrogen-bond acceptors (Lipinski definition) is 4. The van der Waals surface area contributed by atoms with E-state index in [1.165, 1.54) is 0 Å². The van der Waals surface area contributed by atoms with Crippen molar-refractivity contribution >= 4 is 18.0 Å². The summed E-state index contributed by atoms with van der Waals surface area (Å²) in [7, 11) is 0. The van der Waals surface area contributed by atoms with Crippen LogP contribution < -0.4 is 10.6 Å². The largest absolute Gasteiger partial charge is 0.481 e. The highest BCUT2D eigenvalue weighted by Crippen LogP contribution is 2.55. The summed E-state index contributed by atoms with van der Waals surface area (Å²) >= 11 is 0. The summed E-state index contributed by atoms with van der Waals surface area (Å²) in [5.41, 5.74) is 4.26. The molecule has 3 atom stereocenters. The Hall–Kier alpha value is -3.49. The van der Waals surface area contributed by atoms with E-state index in [2.05, 4.69) is 10.6 Å². The number of ether oxygens (including phenoxy) is 1. The fourth-order valence-electron chi connectivity index (χ4n) is 4.81. The third-order valence-corrected chi connectivity index (χ3v) is 6.71. The van der Waals surface area contributed by atoms with Crippen molar-refractivity contribution in [3.63, 3.8) is 0 Å². The van der Waals surface area contributed by atoms with Crippen molar-refractivity contribution in [1.29, 1.82) is 0 Å². The van der Waals surface area contributed by atoms with Gasteiger partial charge in [-0.25, -0.2) is 13.6 Å². The highest BCUT2D eigenvalue weighted by molar-refractivity contribution is 5.84. The van der Waals surface area contributed by atoms with E-state index in [0.29, 0.717) is 12.8 Å². The molecule has 35 heavy (non-hydrogen) atoms. The van der Waals surface area contributed by atoms with E-state index in [4.69, 9.17) is 9.84 Å². The number of benzene rings is 2. The van der Waals surface area contributed by atoms with Crippen LogP contribution in [0.3, 0.4) is 0 Å². The van der Waals surface area contributed by atoms with Crippen LogP contribution in [-0.2, 0) is 14.3 Å². The van der Waals surface area contributed by atoms with Gasteiger partial charge in [-0.2, -0.15) is 0 Å². The third-order valence-electron chi connectivity index (χ3n) is 6.71. The van der Waals surface area contributed by atoms with Gasteiger partial charge in [0.2, 0.25) is 5.91 Å². The number of amides is 2.